The summed E-state index contributed by atoms with van der Waals surface area (Å²) < 4.78 is 25.7. The lowest BCUT2D eigenvalue weighted by Gasteiger charge is -2.37. The lowest BCUT2D eigenvalue weighted by atomic mass is 10.1. The number of rotatable bonds is 5. The van der Waals surface area contributed by atoms with Crippen molar-refractivity contribution >= 4 is 44.8 Å². The maximum Gasteiger partial charge on any atom is 0.237 e. The Morgan fingerprint density at radius 3 is 2.58 bits per heavy atom. The van der Waals surface area contributed by atoms with Crippen molar-refractivity contribution in [1.82, 2.24) is 4.90 Å². The van der Waals surface area contributed by atoms with Gasteiger partial charge in [0.1, 0.15) is 0 Å². The van der Waals surface area contributed by atoms with Crippen LogP contribution in [0.1, 0.15) is 24.5 Å². The van der Waals surface area contributed by atoms with Gasteiger partial charge in [0, 0.05) is 43.2 Å². The van der Waals surface area contributed by atoms with Crippen molar-refractivity contribution in [3.63, 3.8) is 0 Å². The lowest BCUT2D eigenvalue weighted by molar-refractivity contribution is -0.131. The molecule has 4 rings (SSSR count). The number of hydrogen-bond acceptors (Lipinski definition) is 6. The summed E-state index contributed by atoms with van der Waals surface area (Å²) in [4.78, 5) is 29.7. The second-order valence-electron chi connectivity index (χ2n) is 8.56. The molecule has 0 saturated carbocycles. The van der Waals surface area contributed by atoms with E-state index in [4.69, 9.17) is 0 Å². The van der Waals surface area contributed by atoms with Gasteiger partial charge in [-0.2, -0.15) is 0 Å². The predicted octanol–water partition coefficient (Wildman–Crippen LogP) is 3.25. The number of benzene rings is 2. The van der Waals surface area contributed by atoms with Crippen LogP contribution in [-0.2, 0) is 19.4 Å². The second-order valence-corrected chi connectivity index (χ2v) is 12.1. The van der Waals surface area contributed by atoms with Gasteiger partial charge in [-0.3, -0.25) is 9.59 Å². The van der Waals surface area contributed by atoms with Crippen molar-refractivity contribution < 1.29 is 18.0 Å². The first-order valence-corrected chi connectivity index (χ1v) is 13.6. The molecule has 1 fully saturated rings. The molecule has 2 heterocycles. The van der Waals surface area contributed by atoms with Crippen molar-refractivity contribution in [2.24, 2.45) is 0 Å². The lowest BCUT2D eigenvalue weighted by Crippen LogP contribution is -2.49. The molecule has 2 aliphatic rings. The van der Waals surface area contributed by atoms with E-state index < -0.39 is 9.84 Å². The van der Waals surface area contributed by atoms with Gasteiger partial charge in [-0.15, -0.1) is 11.8 Å². The number of thioether (sulfide) groups is 1. The molecule has 0 unspecified atom stereocenters. The van der Waals surface area contributed by atoms with Gasteiger partial charge >= 0.3 is 0 Å². The summed E-state index contributed by atoms with van der Waals surface area (Å²) in [7, 11) is -3.64. The second kappa shape index (κ2) is 9.38. The maximum absolute atomic E-state index is 12.9. The first kappa shape index (κ1) is 23.6. The number of aryl methyl sites for hydroxylation is 1. The Bertz CT molecular complexity index is 1190. The molecular weight excluding hydrogens is 458 g/mol. The minimum Gasteiger partial charge on any atom is -0.368 e. The number of fused-ring (bicyclic) bond motifs is 1. The van der Waals surface area contributed by atoms with Gasteiger partial charge in [0.25, 0.3) is 0 Å². The van der Waals surface area contributed by atoms with Crippen molar-refractivity contribution in [3.05, 3.63) is 47.5 Å². The van der Waals surface area contributed by atoms with Crippen LogP contribution in [0.3, 0.4) is 0 Å². The number of amides is 2. The van der Waals surface area contributed by atoms with E-state index >= 15 is 0 Å². The van der Waals surface area contributed by atoms with Gasteiger partial charge in [0.05, 0.1) is 21.6 Å². The topological polar surface area (TPSA) is 86.8 Å². The van der Waals surface area contributed by atoms with Crippen molar-refractivity contribution in [3.8, 4) is 0 Å². The van der Waals surface area contributed by atoms with Crippen LogP contribution in [0.15, 0.2) is 46.2 Å². The molecule has 1 saturated heterocycles. The van der Waals surface area contributed by atoms with Crippen LogP contribution in [0.25, 0.3) is 0 Å². The molecular formula is C24H29N3O4S2. The fraction of sp³-hybridized carbons (Fsp3) is 0.417. The molecule has 0 aromatic heterocycles. The molecule has 7 nitrogen and oxygen atoms in total. The molecule has 2 aliphatic heterocycles. The van der Waals surface area contributed by atoms with E-state index in [0.717, 1.165) is 18.0 Å². The zero-order chi connectivity index (χ0) is 23.8. The molecule has 2 amide bonds. The number of nitrogens with zero attached hydrogens (tertiary/aromatic N) is 2. The molecule has 0 bridgehead atoms. The molecule has 2 aromatic carbocycles. The van der Waals surface area contributed by atoms with E-state index in [1.165, 1.54) is 34.6 Å². The summed E-state index contributed by atoms with van der Waals surface area (Å²) in [6.07, 6.45) is -0.0545. The van der Waals surface area contributed by atoms with Crippen LogP contribution in [0.2, 0.25) is 0 Å². The summed E-state index contributed by atoms with van der Waals surface area (Å²) >= 11 is 1.40. The zero-order valence-electron chi connectivity index (χ0n) is 19.1. The Balaban J connectivity index is 1.35. The molecule has 1 atom stereocenters. The maximum atomic E-state index is 12.9. The molecule has 0 spiro atoms. The number of nitrogens with one attached hydrogen (secondary N) is 1. The molecule has 0 radical (unpaired) electrons. The van der Waals surface area contributed by atoms with Crippen LogP contribution in [-0.4, -0.2) is 62.3 Å². The fourth-order valence-corrected chi connectivity index (χ4v) is 6.34. The molecule has 2 aromatic rings. The van der Waals surface area contributed by atoms with Crippen LogP contribution >= 0.6 is 11.8 Å². The number of carbonyl (C=O) groups excluding carboxylic acids is 2. The highest BCUT2D eigenvalue weighted by Gasteiger charge is 2.27. The standard InChI is InChI=1S/C24H29N3O4S2/c1-16-5-4-6-21(17(16)2)26-10-12-27(13-11-26)23(28)9-14-33(30,31)19-7-8-22-20(15-19)25-24(29)18(3)32-22/h4-8,15,18H,9-14H2,1-3H3,(H,25,29)/t18-/m1/s1. The van der Waals surface area contributed by atoms with Crippen LogP contribution in [0.5, 0.6) is 0 Å². The van der Waals surface area contributed by atoms with Crippen LogP contribution in [0.4, 0.5) is 11.4 Å². The Labute approximate surface area is 199 Å². The summed E-state index contributed by atoms with van der Waals surface area (Å²) in [6, 6.07) is 11.0. The third-order valence-electron chi connectivity index (χ3n) is 6.37. The highest BCUT2D eigenvalue weighted by Crippen LogP contribution is 2.37. The molecule has 9 heteroatoms. The van der Waals surface area contributed by atoms with Gasteiger partial charge in [-0.1, -0.05) is 12.1 Å². The van der Waals surface area contributed by atoms with Gasteiger partial charge < -0.3 is 15.1 Å². The fourth-order valence-electron chi connectivity index (χ4n) is 4.15. The SMILES string of the molecule is Cc1cccc(N2CCN(C(=O)CCS(=O)(=O)c3ccc4c(c3)NC(=O)[C@@H](C)S4)CC2)c1C. The number of hydrogen-bond donors (Lipinski definition) is 1. The van der Waals surface area contributed by atoms with E-state index in [9.17, 15) is 18.0 Å². The van der Waals surface area contributed by atoms with Crippen molar-refractivity contribution in [2.75, 3.05) is 42.1 Å². The number of carbonyl (C=O) groups is 2. The molecule has 33 heavy (non-hydrogen) atoms. The molecule has 176 valence electrons. The minimum atomic E-state index is -3.64. The van der Waals surface area contributed by atoms with Crippen LogP contribution in [0, 0.1) is 13.8 Å². The first-order chi connectivity index (χ1) is 15.7. The number of anilines is 2. The minimum absolute atomic E-state index is 0.0545. The average Bonchev–Trinajstić information content (AvgIpc) is 2.80. The van der Waals surface area contributed by atoms with E-state index in [2.05, 4.69) is 36.2 Å². The monoisotopic (exact) mass is 487 g/mol. The van der Waals surface area contributed by atoms with Crippen molar-refractivity contribution in [2.45, 2.75) is 42.2 Å². The Kier molecular flexibility index (Phi) is 6.72. The summed E-state index contributed by atoms with van der Waals surface area (Å²) in [5.41, 5.74) is 4.19. The normalized spacial score (nSPS) is 18.6. The van der Waals surface area contributed by atoms with E-state index in [0.29, 0.717) is 18.8 Å². The molecule has 1 N–H and O–H groups in total. The van der Waals surface area contributed by atoms with Crippen LogP contribution < -0.4 is 10.2 Å². The number of piperazine rings is 1. The Morgan fingerprint density at radius 2 is 1.85 bits per heavy atom. The third kappa shape index (κ3) is 5.04. The smallest absolute Gasteiger partial charge is 0.237 e. The number of sulfone groups is 1. The Hall–Kier alpha value is -2.52. The highest BCUT2D eigenvalue weighted by atomic mass is 32.2. The van der Waals surface area contributed by atoms with Gasteiger partial charge in [-0.25, -0.2) is 8.42 Å². The quantitative estimate of drug-likeness (QED) is 0.697. The van der Waals surface area contributed by atoms with Gasteiger partial charge in [0.2, 0.25) is 11.8 Å². The van der Waals surface area contributed by atoms with Gasteiger partial charge in [-0.05, 0) is 56.2 Å². The van der Waals surface area contributed by atoms with E-state index in [-0.39, 0.29) is 34.1 Å². The van der Waals surface area contributed by atoms with Crippen molar-refractivity contribution in [1.29, 1.82) is 0 Å². The van der Waals surface area contributed by atoms with E-state index in [1.807, 2.05) is 6.07 Å². The summed E-state index contributed by atoms with van der Waals surface area (Å²) in [6.45, 7) is 8.61. The summed E-state index contributed by atoms with van der Waals surface area (Å²) in [5, 5.41) is 2.54. The van der Waals surface area contributed by atoms with Gasteiger partial charge in [0.15, 0.2) is 9.84 Å². The Morgan fingerprint density at radius 1 is 1.12 bits per heavy atom. The third-order valence-corrected chi connectivity index (χ3v) is 9.27. The predicted molar refractivity (Wildman–Crippen MR) is 132 cm³/mol. The molecule has 0 aliphatic carbocycles. The van der Waals surface area contributed by atoms with E-state index in [1.54, 1.807) is 24.0 Å². The zero-order valence-corrected chi connectivity index (χ0v) is 20.8. The largest absolute Gasteiger partial charge is 0.368 e. The summed E-state index contributed by atoms with van der Waals surface area (Å²) in [5.74, 6) is -0.536. The highest BCUT2D eigenvalue weighted by molar-refractivity contribution is 8.01. The first-order valence-electron chi connectivity index (χ1n) is 11.1. The average molecular weight is 488 g/mol.